The van der Waals surface area contributed by atoms with E-state index in [9.17, 15) is 4.79 Å². The van der Waals surface area contributed by atoms with E-state index in [1.54, 1.807) is 24.7 Å². The summed E-state index contributed by atoms with van der Waals surface area (Å²) in [4.78, 5) is 23.7. The van der Waals surface area contributed by atoms with Gasteiger partial charge < -0.3 is 5.32 Å². The summed E-state index contributed by atoms with van der Waals surface area (Å²) in [6, 6.07) is 1.70. The normalized spacial score (nSPS) is 10.0. The molecule has 0 spiro atoms. The third-order valence-corrected chi connectivity index (χ3v) is 2.67. The second kappa shape index (κ2) is 5.01. The molecule has 17 heavy (non-hydrogen) atoms. The molecule has 0 bridgehead atoms. The van der Waals surface area contributed by atoms with Crippen LogP contribution in [0.15, 0.2) is 35.3 Å². The topological polar surface area (TPSA) is 67.8 Å². The second-order valence-corrected chi connectivity index (χ2v) is 4.21. The van der Waals surface area contributed by atoms with Crippen LogP contribution in [0.3, 0.4) is 0 Å². The number of amides is 1. The standard InChI is InChI=1S/C11H9BrN4O/c1-7-4-15-10(6-14-7)11(17)16-9-2-3-13-5-8(9)12/h2-6H,1H3,(H,13,16,17). The number of hydrogen-bond acceptors (Lipinski definition) is 4. The predicted molar refractivity (Wildman–Crippen MR) is 66.7 cm³/mol. The van der Waals surface area contributed by atoms with Crippen LogP contribution in [-0.4, -0.2) is 20.9 Å². The zero-order valence-electron chi connectivity index (χ0n) is 9.01. The van der Waals surface area contributed by atoms with Gasteiger partial charge in [-0.2, -0.15) is 0 Å². The fourth-order valence-corrected chi connectivity index (χ4v) is 1.52. The number of anilines is 1. The van der Waals surface area contributed by atoms with E-state index in [-0.39, 0.29) is 11.6 Å². The Balaban J connectivity index is 2.17. The van der Waals surface area contributed by atoms with Gasteiger partial charge in [0.05, 0.1) is 22.1 Å². The van der Waals surface area contributed by atoms with Crippen molar-refractivity contribution in [3.63, 3.8) is 0 Å². The lowest BCUT2D eigenvalue weighted by molar-refractivity contribution is 0.102. The van der Waals surface area contributed by atoms with Gasteiger partial charge in [0.1, 0.15) is 5.69 Å². The third kappa shape index (κ3) is 2.85. The Bertz CT molecular complexity index is 541. The Morgan fingerprint density at radius 3 is 2.76 bits per heavy atom. The Morgan fingerprint density at radius 1 is 1.29 bits per heavy atom. The quantitative estimate of drug-likeness (QED) is 0.921. The average Bonchev–Trinajstić information content (AvgIpc) is 2.33. The first-order valence-corrected chi connectivity index (χ1v) is 5.65. The molecule has 1 amide bonds. The fourth-order valence-electron chi connectivity index (χ4n) is 1.17. The molecule has 2 rings (SSSR count). The van der Waals surface area contributed by atoms with Crippen LogP contribution in [-0.2, 0) is 0 Å². The molecule has 0 atom stereocenters. The van der Waals surface area contributed by atoms with Gasteiger partial charge in [0.2, 0.25) is 0 Å². The van der Waals surface area contributed by atoms with Crippen molar-refractivity contribution in [1.29, 1.82) is 0 Å². The molecule has 0 aliphatic rings. The molecule has 2 aromatic heterocycles. The van der Waals surface area contributed by atoms with Gasteiger partial charge in [-0.05, 0) is 28.9 Å². The summed E-state index contributed by atoms with van der Waals surface area (Å²) in [5, 5.41) is 2.72. The molecule has 0 aliphatic heterocycles. The molecular weight excluding hydrogens is 284 g/mol. The highest BCUT2D eigenvalue weighted by atomic mass is 79.9. The van der Waals surface area contributed by atoms with Crippen LogP contribution in [0.1, 0.15) is 16.2 Å². The van der Waals surface area contributed by atoms with Gasteiger partial charge in [-0.15, -0.1) is 0 Å². The molecule has 0 saturated carbocycles. The van der Waals surface area contributed by atoms with Crippen LogP contribution in [0.25, 0.3) is 0 Å². The van der Waals surface area contributed by atoms with E-state index in [1.165, 1.54) is 6.20 Å². The lowest BCUT2D eigenvalue weighted by atomic mass is 10.3. The van der Waals surface area contributed by atoms with Crippen molar-refractivity contribution in [1.82, 2.24) is 15.0 Å². The van der Waals surface area contributed by atoms with Crippen molar-refractivity contribution in [2.24, 2.45) is 0 Å². The first-order chi connectivity index (χ1) is 8.16. The van der Waals surface area contributed by atoms with Crippen molar-refractivity contribution in [3.8, 4) is 0 Å². The minimum absolute atomic E-state index is 0.277. The Morgan fingerprint density at radius 2 is 2.12 bits per heavy atom. The number of pyridine rings is 1. The highest BCUT2D eigenvalue weighted by Crippen LogP contribution is 2.20. The molecule has 5 nitrogen and oxygen atoms in total. The maximum Gasteiger partial charge on any atom is 0.275 e. The molecule has 0 aromatic carbocycles. The minimum atomic E-state index is -0.301. The highest BCUT2D eigenvalue weighted by Gasteiger charge is 2.09. The molecule has 2 heterocycles. The van der Waals surface area contributed by atoms with Crippen LogP contribution in [0.4, 0.5) is 5.69 Å². The molecular formula is C11H9BrN4O. The minimum Gasteiger partial charge on any atom is -0.319 e. The number of carbonyl (C=O) groups is 1. The summed E-state index contributed by atoms with van der Waals surface area (Å²) < 4.78 is 0.716. The van der Waals surface area contributed by atoms with Gasteiger partial charge in [-0.25, -0.2) is 4.98 Å². The maximum atomic E-state index is 11.8. The molecule has 6 heteroatoms. The smallest absolute Gasteiger partial charge is 0.275 e. The van der Waals surface area contributed by atoms with Crippen LogP contribution < -0.4 is 5.32 Å². The molecule has 0 aliphatic carbocycles. The highest BCUT2D eigenvalue weighted by molar-refractivity contribution is 9.10. The van der Waals surface area contributed by atoms with E-state index < -0.39 is 0 Å². The summed E-state index contributed by atoms with van der Waals surface area (Å²) in [6.07, 6.45) is 6.20. The van der Waals surface area contributed by atoms with Crippen LogP contribution in [0.5, 0.6) is 0 Å². The van der Waals surface area contributed by atoms with Crippen molar-refractivity contribution in [2.45, 2.75) is 6.92 Å². The van der Waals surface area contributed by atoms with E-state index in [0.717, 1.165) is 5.69 Å². The number of carbonyl (C=O) groups excluding carboxylic acids is 1. The van der Waals surface area contributed by atoms with Gasteiger partial charge in [0.15, 0.2) is 0 Å². The summed E-state index contributed by atoms with van der Waals surface area (Å²) in [7, 11) is 0. The second-order valence-electron chi connectivity index (χ2n) is 3.35. The van der Waals surface area contributed by atoms with E-state index >= 15 is 0 Å². The molecule has 0 unspecified atom stereocenters. The summed E-state index contributed by atoms with van der Waals surface area (Å²) in [5.74, 6) is -0.301. The monoisotopic (exact) mass is 292 g/mol. The summed E-state index contributed by atoms with van der Waals surface area (Å²) in [6.45, 7) is 1.81. The van der Waals surface area contributed by atoms with E-state index in [4.69, 9.17) is 0 Å². The summed E-state index contributed by atoms with van der Waals surface area (Å²) in [5.41, 5.74) is 1.69. The number of aryl methyl sites for hydroxylation is 1. The number of rotatable bonds is 2. The first kappa shape index (κ1) is 11.7. The van der Waals surface area contributed by atoms with E-state index in [2.05, 4.69) is 36.2 Å². The predicted octanol–water partition coefficient (Wildman–Crippen LogP) is 2.19. The Kier molecular flexibility index (Phi) is 3.43. The van der Waals surface area contributed by atoms with Crippen molar-refractivity contribution in [3.05, 3.63) is 46.7 Å². The SMILES string of the molecule is Cc1cnc(C(=O)Nc2ccncc2Br)cn1. The number of nitrogens with one attached hydrogen (secondary N) is 1. The zero-order valence-corrected chi connectivity index (χ0v) is 10.6. The Labute approximate surface area is 106 Å². The van der Waals surface area contributed by atoms with E-state index in [0.29, 0.717) is 10.2 Å². The van der Waals surface area contributed by atoms with Crippen molar-refractivity contribution >= 4 is 27.5 Å². The Hall–Kier alpha value is -1.82. The molecule has 2 aromatic rings. The molecule has 1 N–H and O–H groups in total. The van der Waals surface area contributed by atoms with Gasteiger partial charge in [0, 0.05) is 18.6 Å². The van der Waals surface area contributed by atoms with Gasteiger partial charge in [-0.1, -0.05) is 0 Å². The van der Waals surface area contributed by atoms with Gasteiger partial charge in [0.25, 0.3) is 5.91 Å². The number of hydrogen-bond donors (Lipinski definition) is 1. The lowest BCUT2D eigenvalue weighted by Gasteiger charge is -2.05. The lowest BCUT2D eigenvalue weighted by Crippen LogP contribution is -2.14. The fraction of sp³-hybridized carbons (Fsp3) is 0.0909. The molecule has 86 valence electrons. The molecule has 0 radical (unpaired) electrons. The van der Waals surface area contributed by atoms with Crippen LogP contribution >= 0.6 is 15.9 Å². The largest absolute Gasteiger partial charge is 0.319 e. The number of halogens is 1. The third-order valence-electron chi connectivity index (χ3n) is 2.03. The van der Waals surface area contributed by atoms with Gasteiger partial charge in [-0.3, -0.25) is 14.8 Å². The number of nitrogens with zero attached hydrogens (tertiary/aromatic N) is 3. The molecule has 0 saturated heterocycles. The summed E-state index contributed by atoms with van der Waals surface area (Å²) >= 11 is 3.30. The average molecular weight is 293 g/mol. The van der Waals surface area contributed by atoms with Crippen LogP contribution in [0.2, 0.25) is 0 Å². The zero-order chi connectivity index (χ0) is 12.3. The van der Waals surface area contributed by atoms with Crippen molar-refractivity contribution < 1.29 is 4.79 Å². The van der Waals surface area contributed by atoms with Crippen molar-refractivity contribution in [2.75, 3.05) is 5.32 Å². The molecule has 0 fully saturated rings. The number of aromatic nitrogens is 3. The van der Waals surface area contributed by atoms with Gasteiger partial charge >= 0.3 is 0 Å². The maximum absolute atomic E-state index is 11.8. The first-order valence-electron chi connectivity index (χ1n) is 4.86. The van der Waals surface area contributed by atoms with Crippen LogP contribution in [0, 0.1) is 6.92 Å². The van der Waals surface area contributed by atoms with E-state index in [1.807, 2.05) is 6.92 Å².